The van der Waals surface area contributed by atoms with Gasteiger partial charge in [0, 0.05) is 45.9 Å². The Bertz CT molecular complexity index is 611. The number of amides is 4. The van der Waals surface area contributed by atoms with Crippen LogP contribution in [0, 0.1) is 0 Å². The molecular weight excluding hydrogens is 344 g/mol. The molecule has 2 aliphatic rings. The Morgan fingerprint density at radius 3 is 2.15 bits per heavy atom. The second-order valence-corrected chi connectivity index (χ2v) is 7.23. The lowest BCUT2D eigenvalue weighted by molar-refractivity contribution is 0.122. The van der Waals surface area contributed by atoms with Crippen LogP contribution in [-0.4, -0.2) is 77.7 Å². The van der Waals surface area contributed by atoms with Crippen LogP contribution in [0.1, 0.15) is 37.3 Å². The lowest BCUT2D eigenvalue weighted by Crippen LogP contribution is -2.55. The minimum Gasteiger partial charge on any atom is -0.396 e. The van der Waals surface area contributed by atoms with Crippen molar-refractivity contribution in [3.05, 3.63) is 35.9 Å². The summed E-state index contributed by atoms with van der Waals surface area (Å²) in [7, 11) is 0. The second kappa shape index (κ2) is 9.60. The summed E-state index contributed by atoms with van der Waals surface area (Å²) < 4.78 is 0. The summed E-state index contributed by atoms with van der Waals surface area (Å²) in [6, 6.07) is 9.74. The highest BCUT2D eigenvalue weighted by atomic mass is 16.3. The average molecular weight is 374 g/mol. The monoisotopic (exact) mass is 374 g/mol. The van der Waals surface area contributed by atoms with E-state index in [9.17, 15) is 9.59 Å². The molecule has 3 rings (SSSR count). The van der Waals surface area contributed by atoms with Crippen LogP contribution >= 0.6 is 0 Å². The van der Waals surface area contributed by atoms with Crippen LogP contribution in [0.2, 0.25) is 0 Å². The fourth-order valence-electron chi connectivity index (χ4n) is 3.75. The highest BCUT2D eigenvalue weighted by molar-refractivity contribution is 5.77. The molecule has 1 aromatic rings. The normalized spacial score (nSPS) is 18.5. The highest BCUT2D eigenvalue weighted by Gasteiger charge is 2.29. The molecule has 7 nitrogen and oxygen atoms in total. The predicted octanol–water partition coefficient (Wildman–Crippen LogP) is 2.04. The molecule has 2 fully saturated rings. The maximum absolute atomic E-state index is 12.7. The van der Waals surface area contributed by atoms with Crippen LogP contribution in [0.25, 0.3) is 0 Å². The largest absolute Gasteiger partial charge is 0.396 e. The van der Waals surface area contributed by atoms with Crippen LogP contribution in [0.15, 0.2) is 30.3 Å². The lowest BCUT2D eigenvalue weighted by Gasteiger charge is -2.37. The Hall–Kier alpha value is -2.28. The van der Waals surface area contributed by atoms with Gasteiger partial charge >= 0.3 is 12.1 Å². The summed E-state index contributed by atoms with van der Waals surface area (Å²) in [5.74, 6) is 0. The van der Waals surface area contributed by atoms with Crippen LogP contribution in [-0.2, 0) is 0 Å². The number of benzene rings is 1. The van der Waals surface area contributed by atoms with E-state index in [4.69, 9.17) is 5.11 Å². The van der Waals surface area contributed by atoms with Gasteiger partial charge in [0.25, 0.3) is 0 Å². The number of piperazine rings is 1. The van der Waals surface area contributed by atoms with Gasteiger partial charge in [-0.05, 0) is 31.2 Å². The van der Waals surface area contributed by atoms with Gasteiger partial charge in [-0.1, -0.05) is 30.3 Å². The van der Waals surface area contributed by atoms with E-state index in [1.807, 2.05) is 40.1 Å². The molecule has 1 atom stereocenters. The molecule has 2 N–H and O–H groups in total. The molecule has 0 spiro atoms. The Balaban J connectivity index is 1.52. The van der Waals surface area contributed by atoms with Crippen molar-refractivity contribution >= 4 is 12.1 Å². The fraction of sp³-hybridized carbons (Fsp3) is 0.600. The van der Waals surface area contributed by atoms with Crippen molar-refractivity contribution in [2.45, 2.75) is 31.7 Å². The van der Waals surface area contributed by atoms with Crippen LogP contribution in [0.4, 0.5) is 9.59 Å². The summed E-state index contributed by atoms with van der Waals surface area (Å²) in [6.45, 7) is 4.06. The third-order valence-corrected chi connectivity index (χ3v) is 5.36. The molecule has 2 heterocycles. The number of nitrogens with zero attached hydrogens (tertiary/aromatic N) is 3. The second-order valence-electron chi connectivity index (χ2n) is 7.23. The molecular formula is C20H30N4O3. The average Bonchev–Trinajstić information content (AvgIpc) is 3.26. The van der Waals surface area contributed by atoms with E-state index in [-0.39, 0.29) is 24.7 Å². The van der Waals surface area contributed by atoms with Crippen molar-refractivity contribution in [1.82, 2.24) is 20.0 Å². The molecule has 0 radical (unpaired) electrons. The molecule has 0 saturated carbocycles. The first kappa shape index (κ1) is 19.5. The summed E-state index contributed by atoms with van der Waals surface area (Å²) >= 11 is 0. The number of hydrogen-bond donors (Lipinski definition) is 2. The molecule has 0 bridgehead atoms. The van der Waals surface area contributed by atoms with E-state index in [1.165, 1.54) is 0 Å². The van der Waals surface area contributed by atoms with Crippen molar-refractivity contribution in [2.75, 3.05) is 45.9 Å². The van der Waals surface area contributed by atoms with Gasteiger partial charge in [0.1, 0.15) is 0 Å². The van der Waals surface area contributed by atoms with Gasteiger partial charge in [-0.25, -0.2) is 9.59 Å². The van der Waals surface area contributed by atoms with Gasteiger partial charge < -0.3 is 25.1 Å². The predicted molar refractivity (Wildman–Crippen MR) is 103 cm³/mol. The Kier molecular flexibility index (Phi) is 6.92. The van der Waals surface area contributed by atoms with E-state index in [0.717, 1.165) is 31.5 Å². The van der Waals surface area contributed by atoms with Gasteiger partial charge in [-0.15, -0.1) is 0 Å². The number of likely N-dealkylation sites (tertiary alicyclic amines) is 1. The molecule has 2 saturated heterocycles. The summed E-state index contributed by atoms with van der Waals surface area (Å²) in [6.07, 6.45) is 3.50. The number of hydrogen-bond acceptors (Lipinski definition) is 3. The molecule has 27 heavy (non-hydrogen) atoms. The minimum atomic E-state index is -0.116. The first-order chi connectivity index (χ1) is 13.2. The Morgan fingerprint density at radius 2 is 1.52 bits per heavy atom. The van der Waals surface area contributed by atoms with E-state index in [0.29, 0.717) is 39.0 Å². The van der Waals surface area contributed by atoms with Gasteiger partial charge in [-0.2, -0.15) is 0 Å². The molecule has 1 unspecified atom stereocenters. The summed E-state index contributed by atoms with van der Waals surface area (Å²) in [5.41, 5.74) is 1.04. The number of aliphatic hydroxyl groups is 1. The van der Waals surface area contributed by atoms with Crippen molar-refractivity contribution in [1.29, 1.82) is 0 Å². The van der Waals surface area contributed by atoms with Crippen LogP contribution in [0.3, 0.4) is 0 Å². The van der Waals surface area contributed by atoms with E-state index >= 15 is 0 Å². The molecule has 2 aliphatic heterocycles. The number of urea groups is 2. The van der Waals surface area contributed by atoms with Gasteiger partial charge in [0.15, 0.2) is 0 Å². The SMILES string of the molecule is O=C(NC(CCCO)c1ccccc1)N1CCN(C(=O)N2CCCC2)CC1. The maximum atomic E-state index is 12.7. The van der Waals surface area contributed by atoms with E-state index in [1.54, 1.807) is 4.90 Å². The molecule has 148 valence electrons. The third kappa shape index (κ3) is 5.13. The van der Waals surface area contributed by atoms with Crippen molar-refractivity contribution < 1.29 is 14.7 Å². The van der Waals surface area contributed by atoms with Crippen LogP contribution < -0.4 is 5.32 Å². The minimum absolute atomic E-state index is 0.102. The highest BCUT2D eigenvalue weighted by Crippen LogP contribution is 2.19. The number of rotatable bonds is 5. The quantitative estimate of drug-likeness (QED) is 0.828. The van der Waals surface area contributed by atoms with E-state index in [2.05, 4.69) is 5.32 Å². The zero-order chi connectivity index (χ0) is 19.1. The first-order valence-corrected chi connectivity index (χ1v) is 9.94. The van der Waals surface area contributed by atoms with Crippen molar-refractivity contribution in [3.8, 4) is 0 Å². The first-order valence-electron chi connectivity index (χ1n) is 9.94. The van der Waals surface area contributed by atoms with E-state index < -0.39 is 0 Å². The summed E-state index contributed by atoms with van der Waals surface area (Å²) in [4.78, 5) is 30.7. The topological polar surface area (TPSA) is 76.1 Å². The molecule has 0 aliphatic carbocycles. The van der Waals surface area contributed by atoms with Gasteiger partial charge in [-0.3, -0.25) is 0 Å². The standard InChI is InChI=1S/C20H30N4O3/c25-16-6-9-18(17-7-2-1-3-8-17)21-19(26)22-12-14-24(15-13-22)20(27)23-10-4-5-11-23/h1-3,7-8,18,25H,4-6,9-16H2,(H,21,26). The zero-order valence-electron chi connectivity index (χ0n) is 15.8. The smallest absolute Gasteiger partial charge is 0.320 e. The maximum Gasteiger partial charge on any atom is 0.320 e. The van der Waals surface area contributed by atoms with Gasteiger partial charge in [0.2, 0.25) is 0 Å². The Morgan fingerprint density at radius 1 is 0.926 bits per heavy atom. The third-order valence-electron chi connectivity index (χ3n) is 5.36. The number of carbonyl (C=O) groups is 2. The van der Waals surface area contributed by atoms with Gasteiger partial charge in [0.05, 0.1) is 6.04 Å². The number of carbonyl (C=O) groups excluding carboxylic acids is 2. The number of aliphatic hydroxyl groups excluding tert-OH is 1. The van der Waals surface area contributed by atoms with Crippen LogP contribution in [0.5, 0.6) is 0 Å². The van der Waals surface area contributed by atoms with Crippen molar-refractivity contribution in [2.24, 2.45) is 0 Å². The molecule has 1 aromatic carbocycles. The Labute approximate surface area is 160 Å². The zero-order valence-corrected chi connectivity index (χ0v) is 15.8. The molecule has 7 heteroatoms. The molecule has 0 aromatic heterocycles. The number of nitrogens with one attached hydrogen (secondary N) is 1. The van der Waals surface area contributed by atoms with Crippen molar-refractivity contribution in [3.63, 3.8) is 0 Å². The molecule has 4 amide bonds. The fourth-order valence-corrected chi connectivity index (χ4v) is 3.75. The summed E-state index contributed by atoms with van der Waals surface area (Å²) in [5, 5.41) is 12.3. The lowest BCUT2D eigenvalue weighted by atomic mass is 10.0.